The molecule has 0 radical (unpaired) electrons. The molecule has 0 aliphatic heterocycles. The van der Waals surface area contributed by atoms with E-state index >= 15 is 0 Å². The fourth-order valence-corrected chi connectivity index (χ4v) is 5.16. The van der Waals surface area contributed by atoms with Crippen LogP contribution in [0.25, 0.3) is 0 Å². The van der Waals surface area contributed by atoms with Gasteiger partial charge in [0.25, 0.3) is 0 Å². The van der Waals surface area contributed by atoms with Gasteiger partial charge in [0.15, 0.2) is 0 Å². The monoisotopic (exact) mass is 539 g/mol. The number of hydrogen-bond donors (Lipinski definition) is 3. The van der Waals surface area contributed by atoms with Gasteiger partial charge in [-0.1, -0.05) is 85.2 Å². The van der Waals surface area contributed by atoms with Gasteiger partial charge in [-0.25, -0.2) is 0 Å². The number of unbranched alkanes of at least 4 members (excludes halogenated alkanes) is 1. The number of rotatable bonds is 10. The second kappa shape index (κ2) is 24.8. The molecule has 202 valence electrons. The van der Waals surface area contributed by atoms with E-state index in [2.05, 4.69) is 55.6 Å². The third-order valence-corrected chi connectivity index (χ3v) is 7.99. The number of thiophene rings is 2. The molecule has 1 aliphatic rings. The first-order valence-electron chi connectivity index (χ1n) is 13.2. The van der Waals surface area contributed by atoms with E-state index in [1.54, 1.807) is 34.4 Å². The molecule has 1 fully saturated rings. The van der Waals surface area contributed by atoms with Crippen molar-refractivity contribution in [3.05, 3.63) is 68.4 Å². The summed E-state index contributed by atoms with van der Waals surface area (Å²) in [5, 5.41) is 4.14. The van der Waals surface area contributed by atoms with Crippen LogP contribution in [0.4, 0.5) is 0 Å². The summed E-state index contributed by atoms with van der Waals surface area (Å²) in [5.74, 6) is 0.744. The fourth-order valence-electron chi connectivity index (χ4n) is 2.89. The van der Waals surface area contributed by atoms with E-state index < -0.39 is 0 Å². The van der Waals surface area contributed by atoms with Gasteiger partial charge in [-0.3, -0.25) is 0 Å². The van der Waals surface area contributed by atoms with Crippen molar-refractivity contribution in [1.29, 1.82) is 0 Å². The Kier molecular flexibility index (Phi) is 25.7. The molecule has 3 unspecified atom stereocenters. The van der Waals surface area contributed by atoms with Crippen molar-refractivity contribution in [3.63, 3.8) is 0 Å². The average Bonchev–Trinajstić information content (AvgIpc) is 3.35. The smallest absolute Gasteiger partial charge is 0.0389 e. The molecule has 35 heavy (non-hydrogen) atoms. The zero-order valence-electron chi connectivity index (χ0n) is 23.3. The maximum atomic E-state index is 5.98. The van der Waals surface area contributed by atoms with Gasteiger partial charge in [-0.15, -0.1) is 34.4 Å². The van der Waals surface area contributed by atoms with Crippen LogP contribution in [-0.4, -0.2) is 12.3 Å². The van der Waals surface area contributed by atoms with Crippen molar-refractivity contribution >= 4 is 34.4 Å². The summed E-state index contributed by atoms with van der Waals surface area (Å²) in [6.07, 6.45) is 13.1. The topological polar surface area (TPSA) is 78.1 Å². The van der Waals surface area contributed by atoms with Crippen molar-refractivity contribution in [3.8, 4) is 0 Å². The number of hydrogen-bond acceptors (Lipinski definition) is 6. The molecule has 3 nitrogen and oxygen atoms in total. The molecule has 3 atom stereocenters. The summed E-state index contributed by atoms with van der Waals surface area (Å²) in [5.41, 5.74) is 17.7. The number of allylic oxidation sites excluding steroid dienone is 2. The van der Waals surface area contributed by atoms with Gasteiger partial charge in [-0.05, 0) is 60.7 Å². The van der Waals surface area contributed by atoms with Crippen LogP contribution in [0.3, 0.4) is 0 Å². The Balaban J connectivity index is 0. The molecule has 1 saturated carbocycles. The van der Waals surface area contributed by atoms with E-state index in [0.29, 0.717) is 0 Å². The first-order chi connectivity index (χ1) is 17.0. The van der Waals surface area contributed by atoms with E-state index in [9.17, 15) is 0 Å². The second-order valence-electron chi connectivity index (χ2n) is 7.67. The van der Waals surface area contributed by atoms with Crippen LogP contribution in [0.2, 0.25) is 0 Å². The predicted octanol–water partition coefficient (Wildman–Crippen LogP) is 9.31. The van der Waals surface area contributed by atoms with Crippen LogP contribution in [0.1, 0.15) is 102 Å². The molecule has 6 heteroatoms. The highest BCUT2D eigenvalue weighted by molar-refractivity contribution is 8.02. The normalized spacial score (nSPS) is 14.7. The molecule has 2 aromatic heterocycles. The maximum Gasteiger partial charge on any atom is 0.0389 e. The molecular weight excluding hydrogens is 487 g/mol. The second-order valence-corrected chi connectivity index (χ2v) is 10.5. The van der Waals surface area contributed by atoms with E-state index in [1.807, 2.05) is 45.9 Å². The van der Waals surface area contributed by atoms with Crippen molar-refractivity contribution in [2.75, 3.05) is 6.26 Å². The molecule has 3 rings (SSSR count). The van der Waals surface area contributed by atoms with Crippen molar-refractivity contribution < 1.29 is 0 Å². The Morgan fingerprint density at radius 1 is 1.00 bits per heavy atom. The zero-order chi connectivity index (χ0) is 27.1. The average molecular weight is 540 g/mol. The van der Waals surface area contributed by atoms with E-state index in [1.165, 1.54) is 40.3 Å². The lowest BCUT2D eigenvalue weighted by atomic mass is 10.1. The van der Waals surface area contributed by atoms with Gasteiger partial charge < -0.3 is 17.2 Å². The minimum absolute atomic E-state index is 0.255. The van der Waals surface area contributed by atoms with Gasteiger partial charge >= 0.3 is 0 Å². The van der Waals surface area contributed by atoms with Crippen molar-refractivity contribution in [2.24, 2.45) is 23.1 Å². The van der Waals surface area contributed by atoms with Gasteiger partial charge in [0, 0.05) is 32.8 Å². The molecule has 0 spiro atoms. The molecule has 6 N–H and O–H groups in total. The molecular formula is C29H53N3S3. The number of thioether (sulfide) groups is 1. The number of nitrogens with two attached hydrogens (primary N) is 3. The molecule has 1 aliphatic carbocycles. The lowest BCUT2D eigenvalue weighted by molar-refractivity contribution is 0.611. The van der Waals surface area contributed by atoms with Crippen molar-refractivity contribution in [2.45, 2.75) is 98.2 Å². The summed E-state index contributed by atoms with van der Waals surface area (Å²) in [6, 6.07) is 9.09. The van der Waals surface area contributed by atoms with Crippen molar-refractivity contribution in [1.82, 2.24) is 0 Å². The van der Waals surface area contributed by atoms with Gasteiger partial charge in [0.2, 0.25) is 0 Å². The largest absolute Gasteiger partial charge is 0.323 e. The van der Waals surface area contributed by atoms with Gasteiger partial charge in [0.1, 0.15) is 0 Å². The predicted molar refractivity (Wildman–Crippen MR) is 168 cm³/mol. The highest BCUT2D eigenvalue weighted by Gasteiger charge is 2.30. The SMILES string of the molecule is C=C/C=C(\SC)C(N)C1CC1.CC.CC.CCC(N)c1cccs1.CCCCC(N)c1cccs1. The Morgan fingerprint density at radius 2 is 1.51 bits per heavy atom. The summed E-state index contributed by atoms with van der Waals surface area (Å²) in [7, 11) is 0. The Bertz CT molecular complexity index is 708. The minimum atomic E-state index is 0.255. The van der Waals surface area contributed by atoms with Crippen LogP contribution >= 0.6 is 34.4 Å². The first-order valence-corrected chi connectivity index (χ1v) is 16.2. The summed E-state index contributed by atoms with van der Waals surface area (Å²) >= 11 is 5.22. The maximum absolute atomic E-state index is 5.98. The quantitative estimate of drug-likeness (QED) is 0.263. The third-order valence-electron chi connectivity index (χ3n) is 5.10. The summed E-state index contributed by atoms with van der Waals surface area (Å²) in [6.45, 7) is 16.0. The fraction of sp³-hybridized carbons (Fsp3) is 0.586. The molecule has 2 aromatic rings. The molecule has 0 aromatic carbocycles. The molecule has 0 amide bonds. The Morgan fingerprint density at radius 3 is 1.86 bits per heavy atom. The highest BCUT2D eigenvalue weighted by atomic mass is 32.2. The van der Waals surface area contributed by atoms with Gasteiger partial charge in [-0.2, -0.15) is 0 Å². The minimum Gasteiger partial charge on any atom is -0.323 e. The van der Waals surface area contributed by atoms with Crippen LogP contribution in [0, 0.1) is 5.92 Å². The zero-order valence-corrected chi connectivity index (χ0v) is 25.8. The lowest BCUT2D eigenvalue weighted by Gasteiger charge is -2.11. The van der Waals surface area contributed by atoms with Crippen LogP contribution in [0.5, 0.6) is 0 Å². The standard InChI is InChI=1S/2C9H15NS.C7H11NS.2C2H6/c1-3-4-8(11-2)9(10)7-5-6-7;1-2-3-5-8(10)9-6-4-7-11-9;1-2-6(8)7-4-3-5-9-7;2*1-2/h3-4,7,9H,1,5-6,10H2,2H3;4,6-8H,2-3,5,10H2,1H3;3-6H,2,8H2,1H3;2*1-2H3/b8-4-;;;;. The third kappa shape index (κ3) is 17.2. The molecule has 0 saturated heterocycles. The van der Waals surface area contributed by atoms with Crippen LogP contribution in [-0.2, 0) is 0 Å². The van der Waals surface area contributed by atoms with Crippen LogP contribution < -0.4 is 17.2 Å². The Labute approximate surface area is 229 Å². The van der Waals surface area contributed by atoms with Crippen LogP contribution in [0.15, 0.2) is 58.7 Å². The van der Waals surface area contributed by atoms with Gasteiger partial charge in [0.05, 0.1) is 0 Å². The highest BCUT2D eigenvalue weighted by Crippen LogP contribution is 2.36. The van der Waals surface area contributed by atoms with E-state index in [-0.39, 0.29) is 18.1 Å². The van der Waals surface area contributed by atoms with E-state index in [4.69, 9.17) is 17.2 Å². The summed E-state index contributed by atoms with van der Waals surface area (Å²) < 4.78 is 0. The van der Waals surface area contributed by atoms with E-state index in [0.717, 1.165) is 18.8 Å². The lowest BCUT2D eigenvalue weighted by Crippen LogP contribution is -2.23. The molecule has 0 bridgehead atoms. The summed E-state index contributed by atoms with van der Waals surface area (Å²) in [4.78, 5) is 3.87. The molecule has 2 heterocycles. The first kappa shape index (κ1) is 36.3. The Hall–Kier alpha value is -0.890.